The number of aromatic nitrogens is 4. The van der Waals surface area contributed by atoms with Gasteiger partial charge in [-0.05, 0) is 22.4 Å². The number of hydrogen-bond acceptors (Lipinski definition) is 6. The molecule has 0 atom stereocenters. The van der Waals surface area contributed by atoms with E-state index in [2.05, 4.69) is 41.7 Å². The highest BCUT2D eigenvalue weighted by molar-refractivity contribution is 7.07. The van der Waals surface area contributed by atoms with Crippen molar-refractivity contribution in [3.05, 3.63) is 34.9 Å². The molecule has 7 heteroatoms. The van der Waals surface area contributed by atoms with Crippen molar-refractivity contribution in [2.75, 3.05) is 31.1 Å². The molecule has 6 nitrogen and oxygen atoms in total. The minimum atomic E-state index is 0.894. The molecule has 0 saturated carbocycles. The standard InChI is InChI=1S/C15H18N6S/c1-19-14-13(8-18-19)15(17-11-16-14)21-5-3-20(4-6-21)9-12-2-7-22-10-12/h2,7-8,10-11H,3-6,9H2,1H3. The van der Waals surface area contributed by atoms with Crippen molar-refractivity contribution in [2.24, 2.45) is 7.05 Å². The molecule has 3 aromatic heterocycles. The summed E-state index contributed by atoms with van der Waals surface area (Å²) < 4.78 is 1.80. The number of rotatable bonds is 3. The second-order valence-corrected chi connectivity index (χ2v) is 6.38. The van der Waals surface area contributed by atoms with E-state index in [9.17, 15) is 0 Å². The number of piperazine rings is 1. The molecule has 0 N–H and O–H groups in total. The van der Waals surface area contributed by atoms with Crippen LogP contribution in [0.25, 0.3) is 11.0 Å². The quantitative estimate of drug-likeness (QED) is 0.737. The van der Waals surface area contributed by atoms with Crippen molar-refractivity contribution in [2.45, 2.75) is 6.54 Å². The number of fused-ring (bicyclic) bond motifs is 1. The minimum Gasteiger partial charge on any atom is -0.353 e. The summed E-state index contributed by atoms with van der Waals surface area (Å²) in [6.45, 7) is 5.14. The van der Waals surface area contributed by atoms with Crippen LogP contribution in [-0.2, 0) is 13.6 Å². The summed E-state index contributed by atoms with van der Waals surface area (Å²) in [6, 6.07) is 2.21. The van der Waals surface area contributed by atoms with E-state index in [0.29, 0.717) is 0 Å². The van der Waals surface area contributed by atoms with Crippen molar-refractivity contribution in [3.63, 3.8) is 0 Å². The zero-order valence-electron chi connectivity index (χ0n) is 12.5. The van der Waals surface area contributed by atoms with E-state index in [1.807, 2.05) is 13.2 Å². The van der Waals surface area contributed by atoms with Crippen LogP contribution in [0.2, 0.25) is 0 Å². The van der Waals surface area contributed by atoms with Crippen molar-refractivity contribution >= 4 is 28.2 Å². The smallest absolute Gasteiger partial charge is 0.163 e. The molecule has 0 unspecified atom stereocenters. The molecule has 1 aliphatic rings. The van der Waals surface area contributed by atoms with Gasteiger partial charge in [-0.3, -0.25) is 9.58 Å². The average molecular weight is 314 g/mol. The summed E-state index contributed by atoms with van der Waals surface area (Å²) in [4.78, 5) is 13.6. The van der Waals surface area contributed by atoms with Gasteiger partial charge in [-0.2, -0.15) is 16.4 Å². The predicted molar refractivity (Wildman–Crippen MR) is 88.1 cm³/mol. The fourth-order valence-electron chi connectivity index (χ4n) is 2.96. The highest BCUT2D eigenvalue weighted by Gasteiger charge is 2.21. The van der Waals surface area contributed by atoms with Crippen LogP contribution in [0.15, 0.2) is 29.4 Å². The number of hydrogen-bond donors (Lipinski definition) is 0. The Morgan fingerprint density at radius 1 is 1.18 bits per heavy atom. The first-order chi connectivity index (χ1) is 10.8. The molecule has 0 bridgehead atoms. The van der Waals surface area contributed by atoms with Gasteiger partial charge in [-0.15, -0.1) is 0 Å². The molecule has 1 saturated heterocycles. The molecular weight excluding hydrogens is 296 g/mol. The average Bonchev–Trinajstić information content (AvgIpc) is 3.18. The molecule has 0 aromatic carbocycles. The van der Waals surface area contributed by atoms with Crippen LogP contribution in [-0.4, -0.2) is 50.8 Å². The number of thiophene rings is 1. The Morgan fingerprint density at radius 2 is 2.05 bits per heavy atom. The molecule has 3 aromatic rings. The van der Waals surface area contributed by atoms with Gasteiger partial charge in [-0.25, -0.2) is 9.97 Å². The van der Waals surface area contributed by atoms with E-state index < -0.39 is 0 Å². The van der Waals surface area contributed by atoms with Gasteiger partial charge < -0.3 is 4.90 Å². The predicted octanol–water partition coefficient (Wildman–Crippen LogP) is 1.75. The van der Waals surface area contributed by atoms with Gasteiger partial charge >= 0.3 is 0 Å². The highest BCUT2D eigenvalue weighted by Crippen LogP contribution is 2.23. The van der Waals surface area contributed by atoms with Gasteiger partial charge in [0.15, 0.2) is 5.65 Å². The van der Waals surface area contributed by atoms with Crippen molar-refractivity contribution < 1.29 is 0 Å². The number of nitrogens with zero attached hydrogens (tertiary/aromatic N) is 6. The Balaban J connectivity index is 1.48. The van der Waals surface area contributed by atoms with Gasteiger partial charge in [0, 0.05) is 39.8 Å². The maximum Gasteiger partial charge on any atom is 0.163 e. The van der Waals surface area contributed by atoms with Crippen molar-refractivity contribution in [3.8, 4) is 0 Å². The molecule has 1 aliphatic heterocycles. The van der Waals surface area contributed by atoms with E-state index in [4.69, 9.17) is 0 Å². The Bertz CT molecular complexity index is 758. The van der Waals surface area contributed by atoms with E-state index in [1.165, 1.54) is 5.56 Å². The molecule has 0 amide bonds. The summed E-state index contributed by atoms with van der Waals surface area (Å²) >= 11 is 1.77. The van der Waals surface area contributed by atoms with Gasteiger partial charge in [0.1, 0.15) is 12.1 Å². The Kier molecular flexibility index (Phi) is 3.51. The summed E-state index contributed by atoms with van der Waals surface area (Å²) in [5.41, 5.74) is 2.31. The van der Waals surface area contributed by atoms with Gasteiger partial charge in [0.2, 0.25) is 0 Å². The van der Waals surface area contributed by atoms with Crippen LogP contribution in [0.5, 0.6) is 0 Å². The molecule has 22 heavy (non-hydrogen) atoms. The van der Waals surface area contributed by atoms with Crippen LogP contribution in [0, 0.1) is 0 Å². The molecule has 0 aliphatic carbocycles. The zero-order chi connectivity index (χ0) is 14.9. The minimum absolute atomic E-state index is 0.894. The molecule has 114 valence electrons. The van der Waals surface area contributed by atoms with Crippen LogP contribution in [0.1, 0.15) is 5.56 Å². The lowest BCUT2D eigenvalue weighted by atomic mass is 10.2. The number of anilines is 1. The lowest BCUT2D eigenvalue weighted by Crippen LogP contribution is -2.46. The molecular formula is C15H18N6S. The van der Waals surface area contributed by atoms with Crippen LogP contribution in [0.4, 0.5) is 5.82 Å². The topological polar surface area (TPSA) is 50.1 Å². The molecule has 0 spiro atoms. The maximum absolute atomic E-state index is 4.49. The second-order valence-electron chi connectivity index (χ2n) is 5.60. The van der Waals surface area contributed by atoms with Crippen LogP contribution in [0.3, 0.4) is 0 Å². The van der Waals surface area contributed by atoms with E-state index >= 15 is 0 Å². The van der Waals surface area contributed by atoms with E-state index in [-0.39, 0.29) is 0 Å². The lowest BCUT2D eigenvalue weighted by Gasteiger charge is -2.35. The van der Waals surface area contributed by atoms with Crippen molar-refractivity contribution in [1.29, 1.82) is 0 Å². The van der Waals surface area contributed by atoms with Crippen LogP contribution >= 0.6 is 11.3 Å². The van der Waals surface area contributed by atoms with Gasteiger partial charge in [-0.1, -0.05) is 0 Å². The summed E-state index contributed by atoms with van der Waals surface area (Å²) in [7, 11) is 1.91. The Labute approximate surface area is 133 Å². The fraction of sp³-hybridized carbons (Fsp3) is 0.400. The highest BCUT2D eigenvalue weighted by atomic mass is 32.1. The largest absolute Gasteiger partial charge is 0.353 e. The monoisotopic (exact) mass is 314 g/mol. The van der Waals surface area contributed by atoms with Crippen LogP contribution < -0.4 is 4.90 Å². The Hall–Kier alpha value is -1.99. The first-order valence-corrected chi connectivity index (χ1v) is 8.36. The SMILES string of the molecule is Cn1ncc2c(N3CCN(Cc4ccsc4)CC3)ncnc21. The number of aryl methyl sites for hydroxylation is 1. The molecule has 4 heterocycles. The second kappa shape index (κ2) is 5.66. The summed E-state index contributed by atoms with van der Waals surface area (Å²) in [6.07, 6.45) is 3.50. The first-order valence-electron chi connectivity index (χ1n) is 7.42. The first kappa shape index (κ1) is 13.7. The molecule has 1 fully saturated rings. The summed E-state index contributed by atoms with van der Waals surface area (Å²) in [5.74, 6) is 1.01. The molecule has 0 radical (unpaired) electrons. The fourth-order valence-corrected chi connectivity index (χ4v) is 3.62. The van der Waals surface area contributed by atoms with E-state index in [1.54, 1.807) is 22.3 Å². The molecule has 4 rings (SSSR count). The van der Waals surface area contributed by atoms with Gasteiger partial charge in [0.25, 0.3) is 0 Å². The lowest BCUT2D eigenvalue weighted by molar-refractivity contribution is 0.250. The maximum atomic E-state index is 4.49. The van der Waals surface area contributed by atoms with Gasteiger partial charge in [0.05, 0.1) is 11.6 Å². The third kappa shape index (κ3) is 2.46. The Morgan fingerprint density at radius 3 is 2.82 bits per heavy atom. The summed E-state index contributed by atoms with van der Waals surface area (Å²) in [5, 5.41) is 9.71. The zero-order valence-corrected chi connectivity index (χ0v) is 13.3. The van der Waals surface area contributed by atoms with Crippen molar-refractivity contribution in [1.82, 2.24) is 24.6 Å². The van der Waals surface area contributed by atoms with E-state index in [0.717, 1.165) is 49.6 Å². The normalized spacial score (nSPS) is 16.5. The third-order valence-corrected chi connectivity index (χ3v) is 4.90. The third-order valence-electron chi connectivity index (χ3n) is 4.17.